The van der Waals surface area contributed by atoms with Gasteiger partial charge in [-0.2, -0.15) is 0 Å². The van der Waals surface area contributed by atoms with E-state index in [1.165, 1.54) is 12.1 Å². The van der Waals surface area contributed by atoms with E-state index in [0.717, 1.165) is 10.9 Å². The van der Waals surface area contributed by atoms with E-state index in [1.54, 1.807) is 12.1 Å². The minimum Gasteiger partial charge on any atom is -0.387 e. The van der Waals surface area contributed by atoms with Gasteiger partial charge in [0.05, 0.1) is 6.10 Å². The van der Waals surface area contributed by atoms with Crippen LogP contribution in [0, 0.1) is 5.82 Å². The number of aliphatic hydroxyl groups excluding tert-OH is 1. The van der Waals surface area contributed by atoms with Crippen LogP contribution in [-0.4, -0.2) is 16.1 Å². The van der Waals surface area contributed by atoms with Gasteiger partial charge in [-0.25, -0.2) is 4.39 Å². The van der Waals surface area contributed by atoms with Crippen molar-refractivity contribution in [2.24, 2.45) is 0 Å². The SMILES string of the molecule is CC(NCc1cc2ccccc2[nH]c1=O)C(O)c1ccc(F)cc1. The Bertz CT molecular complexity index is 890. The van der Waals surface area contributed by atoms with Gasteiger partial charge in [0.25, 0.3) is 5.56 Å². The summed E-state index contributed by atoms with van der Waals surface area (Å²) in [6, 6.07) is 14.9. The van der Waals surface area contributed by atoms with Crippen molar-refractivity contribution in [3.63, 3.8) is 0 Å². The molecular formula is C19H19FN2O2. The number of fused-ring (bicyclic) bond motifs is 1. The van der Waals surface area contributed by atoms with E-state index in [1.807, 2.05) is 37.3 Å². The van der Waals surface area contributed by atoms with Gasteiger partial charge >= 0.3 is 0 Å². The van der Waals surface area contributed by atoms with Crippen LogP contribution in [0.4, 0.5) is 4.39 Å². The summed E-state index contributed by atoms with van der Waals surface area (Å²) in [6.07, 6.45) is -0.787. The Morgan fingerprint density at radius 1 is 1.17 bits per heavy atom. The second-order valence-corrected chi connectivity index (χ2v) is 5.88. The first-order valence-corrected chi connectivity index (χ1v) is 7.82. The normalized spacial score (nSPS) is 13.8. The highest BCUT2D eigenvalue weighted by Crippen LogP contribution is 2.17. The first-order chi connectivity index (χ1) is 11.5. The van der Waals surface area contributed by atoms with Crippen LogP contribution < -0.4 is 10.9 Å². The summed E-state index contributed by atoms with van der Waals surface area (Å²) < 4.78 is 13.0. The van der Waals surface area contributed by atoms with E-state index in [2.05, 4.69) is 10.3 Å². The van der Waals surface area contributed by atoms with Crippen LogP contribution in [-0.2, 0) is 6.54 Å². The van der Waals surface area contributed by atoms with Gasteiger partial charge in [0.15, 0.2) is 0 Å². The fourth-order valence-electron chi connectivity index (χ4n) is 2.66. The Labute approximate surface area is 139 Å². The van der Waals surface area contributed by atoms with Gasteiger partial charge in [-0.1, -0.05) is 30.3 Å². The molecule has 0 bridgehead atoms. The van der Waals surface area contributed by atoms with E-state index in [4.69, 9.17) is 0 Å². The van der Waals surface area contributed by atoms with Gasteiger partial charge in [-0.15, -0.1) is 0 Å². The molecular weight excluding hydrogens is 307 g/mol. The molecule has 0 aliphatic rings. The van der Waals surface area contributed by atoms with E-state index in [0.29, 0.717) is 17.7 Å². The summed E-state index contributed by atoms with van der Waals surface area (Å²) in [5.74, 6) is -0.339. The second kappa shape index (κ2) is 6.95. The lowest BCUT2D eigenvalue weighted by molar-refractivity contribution is 0.135. The maximum absolute atomic E-state index is 13.0. The van der Waals surface area contributed by atoms with Gasteiger partial charge in [-0.3, -0.25) is 4.79 Å². The van der Waals surface area contributed by atoms with E-state index >= 15 is 0 Å². The second-order valence-electron chi connectivity index (χ2n) is 5.88. The van der Waals surface area contributed by atoms with Crippen molar-refractivity contribution in [1.82, 2.24) is 10.3 Å². The number of nitrogens with one attached hydrogen (secondary N) is 2. The van der Waals surface area contributed by atoms with Gasteiger partial charge in [0, 0.05) is 23.7 Å². The van der Waals surface area contributed by atoms with Crippen LogP contribution in [0.15, 0.2) is 59.4 Å². The molecule has 3 N–H and O–H groups in total. The van der Waals surface area contributed by atoms with E-state index < -0.39 is 6.10 Å². The molecule has 0 radical (unpaired) electrons. The molecule has 2 aromatic carbocycles. The number of aliphatic hydroxyl groups is 1. The topological polar surface area (TPSA) is 65.1 Å². The molecule has 2 unspecified atom stereocenters. The predicted molar refractivity (Wildman–Crippen MR) is 92.2 cm³/mol. The van der Waals surface area contributed by atoms with Gasteiger partial charge in [0.1, 0.15) is 5.82 Å². The third kappa shape index (κ3) is 3.53. The number of H-pyrrole nitrogens is 1. The van der Waals surface area contributed by atoms with Crippen LogP contribution in [0.2, 0.25) is 0 Å². The van der Waals surface area contributed by atoms with Crippen LogP contribution in [0.5, 0.6) is 0 Å². The largest absolute Gasteiger partial charge is 0.387 e. The molecule has 124 valence electrons. The molecule has 0 fully saturated rings. The summed E-state index contributed by atoms with van der Waals surface area (Å²) in [7, 11) is 0. The Hall–Kier alpha value is -2.50. The van der Waals surface area contributed by atoms with Crippen molar-refractivity contribution in [1.29, 1.82) is 0 Å². The molecule has 3 aromatic rings. The standard InChI is InChI=1S/C19H19FN2O2/c1-12(18(23)13-6-8-16(20)9-7-13)21-11-15-10-14-4-2-3-5-17(14)22-19(15)24/h2-10,12,18,21,23H,11H2,1H3,(H,22,24). The van der Waals surface area contributed by atoms with Crippen molar-refractivity contribution >= 4 is 10.9 Å². The van der Waals surface area contributed by atoms with Gasteiger partial charge in [-0.05, 0) is 42.1 Å². The number of hydrogen-bond donors (Lipinski definition) is 3. The molecule has 1 aromatic heterocycles. The monoisotopic (exact) mass is 326 g/mol. The summed E-state index contributed by atoms with van der Waals surface area (Å²) in [5, 5.41) is 14.4. The Morgan fingerprint density at radius 2 is 1.88 bits per heavy atom. The van der Waals surface area contributed by atoms with Crippen LogP contribution >= 0.6 is 0 Å². The molecule has 1 heterocycles. The van der Waals surface area contributed by atoms with Gasteiger partial charge in [0.2, 0.25) is 0 Å². The number of halogens is 1. The van der Waals surface area contributed by atoms with Crippen molar-refractivity contribution in [3.8, 4) is 0 Å². The van der Waals surface area contributed by atoms with Crippen molar-refractivity contribution in [3.05, 3.63) is 81.9 Å². The Morgan fingerprint density at radius 3 is 2.62 bits per heavy atom. The summed E-state index contributed by atoms with van der Waals surface area (Å²) in [5.41, 5.74) is 1.88. The zero-order chi connectivity index (χ0) is 17.1. The summed E-state index contributed by atoms with van der Waals surface area (Å²) in [4.78, 5) is 15.0. The minimum absolute atomic E-state index is 0.148. The molecule has 0 saturated heterocycles. The lowest BCUT2D eigenvalue weighted by Gasteiger charge is -2.20. The zero-order valence-electron chi connectivity index (χ0n) is 13.3. The molecule has 4 nitrogen and oxygen atoms in total. The van der Waals surface area contributed by atoms with Gasteiger partial charge < -0.3 is 15.4 Å². The highest BCUT2D eigenvalue weighted by molar-refractivity contribution is 5.78. The highest BCUT2D eigenvalue weighted by atomic mass is 19.1. The molecule has 0 spiro atoms. The molecule has 24 heavy (non-hydrogen) atoms. The molecule has 5 heteroatoms. The van der Waals surface area contributed by atoms with Crippen molar-refractivity contribution in [2.75, 3.05) is 0 Å². The average molecular weight is 326 g/mol. The quantitative estimate of drug-likeness (QED) is 0.675. The number of rotatable bonds is 5. The third-order valence-electron chi connectivity index (χ3n) is 4.13. The van der Waals surface area contributed by atoms with Crippen LogP contribution in [0.1, 0.15) is 24.2 Å². The summed E-state index contributed by atoms with van der Waals surface area (Å²) >= 11 is 0. The maximum Gasteiger partial charge on any atom is 0.252 e. The van der Waals surface area contributed by atoms with E-state index in [-0.39, 0.29) is 17.4 Å². The van der Waals surface area contributed by atoms with Crippen molar-refractivity contribution < 1.29 is 9.50 Å². The number of aromatic nitrogens is 1. The average Bonchev–Trinajstić information content (AvgIpc) is 2.59. The highest BCUT2D eigenvalue weighted by Gasteiger charge is 2.16. The molecule has 2 atom stereocenters. The number of aromatic amines is 1. The third-order valence-corrected chi connectivity index (χ3v) is 4.13. The molecule has 0 aliphatic carbocycles. The smallest absolute Gasteiger partial charge is 0.252 e. The Kier molecular flexibility index (Phi) is 4.74. The first-order valence-electron chi connectivity index (χ1n) is 7.82. The molecule has 0 aliphatic heterocycles. The predicted octanol–water partition coefficient (Wildman–Crippen LogP) is 2.88. The fraction of sp³-hybridized carbons (Fsp3) is 0.211. The molecule has 0 saturated carbocycles. The van der Waals surface area contributed by atoms with E-state index in [9.17, 15) is 14.3 Å². The number of para-hydroxylation sites is 1. The van der Waals surface area contributed by atoms with Crippen molar-refractivity contribution in [2.45, 2.75) is 25.6 Å². The number of benzene rings is 2. The zero-order valence-corrected chi connectivity index (χ0v) is 13.3. The molecule has 3 rings (SSSR count). The first kappa shape index (κ1) is 16.4. The Balaban J connectivity index is 1.71. The molecule has 0 amide bonds. The lowest BCUT2D eigenvalue weighted by Crippen LogP contribution is -2.33. The van der Waals surface area contributed by atoms with Crippen LogP contribution in [0.25, 0.3) is 10.9 Å². The maximum atomic E-state index is 13.0. The summed E-state index contributed by atoms with van der Waals surface area (Å²) in [6.45, 7) is 2.16. The minimum atomic E-state index is -0.787. The number of hydrogen-bond acceptors (Lipinski definition) is 3. The number of pyridine rings is 1. The van der Waals surface area contributed by atoms with Crippen LogP contribution in [0.3, 0.4) is 0 Å². The lowest BCUT2D eigenvalue weighted by atomic mass is 10.0. The fourth-order valence-corrected chi connectivity index (χ4v) is 2.66.